The molecule has 1 aliphatic carbocycles. The van der Waals surface area contributed by atoms with Crippen LogP contribution in [0.25, 0.3) is 10.2 Å². The summed E-state index contributed by atoms with van der Waals surface area (Å²) in [5.74, 6) is 1.81. The van der Waals surface area contributed by atoms with E-state index in [0.717, 1.165) is 40.3 Å². The summed E-state index contributed by atoms with van der Waals surface area (Å²) in [7, 11) is 0. The van der Waals surface area contributed by atoms with Crippen LogP contribution in [0, 0.1) is 13.8 Å². The molecule has 118 valence electrons. The van der Waals surface area contributed by atoms with E-state index in [1.54, 1.807) is 17.4 Å². The highest BCUT2D eigenvalue weighted by Crippen LogP contribution is 2.40. The Balaban J connectivity index is 1.88. The van der Waals surface area contributed by atoms with E-state index in [1.807, 2.05) is 26.0 Å². The summed E-state index contributed by atoms with van der Waals surface area (Å²) >= 11 is 1.79. The molecule has 0 aliphatic heterocycles. The molecule has 0 saturated carbocycles. The van der Waals surface area contributed by atoms with Gasteiger partial charge in [-0.1, -0.05) is 6.07 Å². The first-order valence-electron chi connectivity index (χ1n) is 7.97. The van der Waals surface area contributed by atoms with Gasteiger partial charge in [0.05, 0.1) is 11.1 Å². The summed E-state index contributed by atoms with van der Waals surface area (Å²) in [5, 5.41) is 14.6. The summed E-state index contributed by atoms with van der Waals surface area (Å²) < 4.78 is 0. The Morgan fingerprint density at radius 1 is 1.13 bits per heavy atom. The van der Waals surface area contributed by atoms with Crippen LogP contribution in [0.2, 0.25) is 0 Å². The average Bonchev–Trinajstić information content (AvgIpc) is 2.89. The van der Waals surface area contributed by atoms with Crippen LogP contribution in [0.5, 0.6) is 5.75 Å². The highest BCUT2D eigenvalue weighted by Gasteiger charge is 2.21. The molecule has 0 saturated heterocycles. The molecule has 0 spiro atoms. The van der Waals surface area contributed by atoms with Gasteiger partial charge in [0, 0.05) is 4.88 Å². The smallest absolute Gasteiger partial charge is 0.143 e. The Hall–Kier alpha value is -2.14. The van der Waals surface area contributed by atoms with Crippen molar-refractivity contribution in [2.24, 2.45) is 0 Å². The number of hydrogen-bond acceptors (Lipinski definition) is 5. The van der Waals surface area contributed by atoms with E-state index < -0.39 is 0 Å². The van der Waals surface area contributed by atoms with Crippen molar-refractivity contribution in [3.05, 3.63) is 40.0 Å². The molecule has 4 nitrogen and oxygen atoms in total. The van der Waals surface area contributed by atoms with Crippen LogP contribution < -0.4 is 5.32 Å². The molecular weight excluding hydrogens is 306 g/mol. The van der Waals surface area contributed by atoms with E-state index in [4.69, 9.17) is 0 Å². The number of nitrogens with one attached hydrogen (secondary N) is 1. The summed E-state index contributed by atoms with van der Waals surface area (Å²) in [6.07, 6.45) is 4.72. The van der Waals surface area contributed by atoms with Crippen molar-refractivity contribution < 1.29 is 5.11 Å². The number of hydrogen-bond donors (Lipinski definition) is 2. The van der Waals surface area contributed by atoms with Crippen molar-refractivity contribution in [2.75, 3.05) is 5.32 Å². The third-order valence-corrected chi connectivity index (χ3v) is 5.52. The summed E-state index contributed by atoms with van der Waals surface area (Å²) in [4.78, 5) is 11.8. The predicted octanol–water partition coefficient (Wildman–Crippen LogP) is 4.64. The first-order chi connectivity index (χ1) is 11.1. The fraction of sp³-hybridized carbons (Fsp3) is 0.333. The van der Waals surface area contributed by atoms with Gasteiger partial charge in [-0.3, -0.25) is 0 Å². The van der Waals surface area contributed by atoms with Gasteiger partial charge in [-0.15, -0.1) is 11.3 Å². The SMILES string of the molecule is Cc1ccc(O)c(Nc2nc(C)nc3sc4c(c23)CCCC4)c1. The summed E-state index contributed by atoms with van der Waals surface area (Å²) in [6.45, 7) is 3.93. The average molecular weight is 325 g/mol. The number of fused-ring (bicyclic) bond motifs is 3. The third kappa shape index (κ3) is 2.55. The second-order valence-electron chi connectivity index (χ2n) is 6.16. The molecule has 4 rings (SSSR count). The highest BCUT2D eigenvalue weighted by molar-refractivity contribution is 7.19. The lowest BCUT2D eigenvalue weighted by molar-refractivity contribution is 0.477. The van der Waals surface area contributed by atoms with Crippen LogP contribution in [-0.2, 0) is 12.8 Å². The normalized spacial score (nSPS) is 14.0. The van der Waals surface area contributed by atoms with Gasteiger partial charge in [0.25, 0.3) is 0 Å². The molecule has 3 aromatic rings. The summed E-state index contributed by atoms with van der Waals surface area (Å²) in [5.41, 5.74) is 3.19. The Labute approximate surface area is 139 Å². The third-order valence-electron chi connectivity index (χ3n) is 4.33. The molecule has 1 aliphatic rings. The van der Waals surface area contributed by atoms with Crippen LogP contribution in [0.3, 0.4) is 0 Å². The molecular formula is C18H19N3OS. The molecule has 2 heterocycles. The number of phenols is 1. The molecule has 0 radical (unpaired) electrons. The van der Waals surface area contributed by atoms with Gasteiger partial charge in [0.1, 0.15) is 22.2 Å². The van der Waals surface area contributed by atoms with Crippen molar-refractivity contribution in [1.29, 1.82) is 0 Å². The number of aromatic hydroxyl groups is 1. The number of aryl methyl sites for hydroxylation is 4. The molecule has 0 atom stereocenters. The Morgan fingerprint density at radius 3 is 2.83 bits per heavy atom. The summed E-state index contributed by atoms with van der Waals surface area (Å²) in [6, 6.07) is 5.55. The zero-order valence-electron chi connectivity index (χ0n) is 13.3. The lowest BCUT2D eigenvalue weighted by Gasteiger charge is -2.14. The number of benzene rings is 1. The maximum absolute atomic E-state index is 10.1. The first-order valence-corrected chi connectivity index (χ1v) is 8.79. The van der Waals surface area contributed by atoms with Crippen LogP contribution in [-0.4, -0.2) is 15.1 Å². The van der Waals surface area contributed by atoms with Gasteiger partial charge in [-0.2, -0.15) is 0 Å². The van der Waals surface area contributed by atoms with E-state index in [0.29, 0.717) is 5.69 Å². The van der Waals surface area contributed by atoms with Crippen molar-refractivity contribution >= 4 is 33.1 Å². The largest absolute Gasteiger partial charge is 0.506 e. The molecule has 0 bridgehead atoms. The molecule has 0 unspecified atom stereocenters. The molecule has 1 aromatic carbocycles. The number of phenolic OH excluding ortho intramolecular Hbond substituents is 1. The van der Waals surface area contributed by atoms with Gasteiger partial charge in [-0.05, 0) is 62.8 Å². The second-order valence-corrected chi connectivity index (χ2v) is 7.24. The van der Waals surface area contributed by atoms with E-state index in [2.05, 4.69) is 15.3 Å². The van der Waals surface area contributed by atoms with Gasteiger partial charge in [0.15, 0.2) is 0 Å². The number of rotatable bonds is 2. The topological polar surface area (TPSA) is 58.0 Å². The molecule has 2 N–H and O–H groups in total. The Bertz CT molecular complexity index is 901. The maximum atomic E-state index is 10.1. The second kappa shape index (κ2) is 5.49. The van der Waals surface area contributed by atoms with Crippen molar-refractivity contribution in [3.8, 4) is 5.75 Å². The molecule has 0 amide bonds. The van der Waals surface area contributed by atoms with Gasteiger partial charge < -0.3 is 10.4 Å². The molecule has 2 aromatic heterocycles. The van der Waals surface area contributed by atoms with Crippen molar-refractivity contribution in [1.82, 2.24) is 9.97 Å². The molecule has 23 heavy (non-hydrogen) atoms. The number of anilines is 2. The quantitative estimate of drug-likeness (QED) is 0.674. The minimum atomic E-state index is 0.240. The zero-order valence-corrected chi connectivity index (χ0v) is 14.1. The van der Waals surface area contributed by atoms with Crippen LogP contribution >= 0.6 is 11.3 Å². The highest BCUT2D eigenvalue weighted by atomic mass is 32.1. The van der Waals surface area contributed by atoms with Gasteiger partial charge >= 0.3 is 0 Å². The van der Waals surface area contributed by atoms with E-state index in [1.165, 1.54) is 23.3 Å². The van der Waals surface area contributed by atoms with Crippen molar-refractivity contribution in [3.63, 3.8) is 0 Å². The van der Waals surface area contributed by atoms with E-state index in [-0.39, 0.29) is 5.75 Å². The Morgan fingerprint density at radius 2 is 1.96 bits per heavy atom. The lowest BCUT2D eigenvalue weighted by atomic mass is 9.97. The molecule has 5 heteroatoms. The van der Waals surface area contributed by atoms with Crippen LogP contribution in [0.15, 0.2) is 18.2 Å². The number of thiophene rings is 1. The van der Waals surface area contributed by atoms with E-state index >= 15 is 0 Å². The van der Waals surface area contributed by atoms with Crippen LogP contribution in [0.4, 0.5) is 11.5 Å². The first kappa shape index (κ1) is 14.5. The zero-order chi connectivity index (χ0) is 16.0. The van der Waals surface area contributed by atoms with Gasteiger partial charge in [0.2, 0.25) is 0 Å². The minimum Gasteiger partial charge on any atom is -0.506 e. The fourth-order valence-corrected chi connectivity index (χ4v) is 4.54. The predicted molar refractivity (Wildman–Crippen MR) is 94.9 cm³/mol. The minimum absolute atomic E-state index is 0.240. The number of nitrogens with zero attached hydrogens (tertiary/aromatic N) is 2. The fourth-order valence-electron chi connectivity index (χ4n) is 3.23. The maximum Gasteiger partial charge on any atom is 0.143 e. The standard InChI is InChI=1S/C18H19N3OS/c1-10-7-8-14(22)13(9-10)21-17-16-12-5-3-4-6-15(12)23-18(16)20-11(2)19-17/h7-9,22H,3-6H2,1-2H3,(H,19,20,21). The lowest BCUT2D eigenvalue weighted by Crippen LogP contribution is -2.02. The van der Waals surface area contributed by atoms with E-state index in [9.17, 15) is 5.11 Å². The number of aromatic nitrogens is 2. The monoisotopic (exact) mass is 325 g/mol. The van der Waals surface area contributed by atoms with Crippen molar-refractivity contribution in [2.45, 2.75) is 39.5 Å². The van der Waals surface area contributed by atoms with Gasteiger partial charge in [-0.25, -0.2) is 9.97 Å². The van der Waals surface area contributed by atoms with Crippen LogP contribution in [0.1, 0.15) is 34.7 Å². The molecule has 0 fully saturated rings. The Kier molecular flexibility index (Phi) is 3.45.